The van der Waals surface area contributed by atoms with E-state index in [1.807, 2.05) is 12.1 Å². The Morgan fingerprint density at radius 1 is 1.19 bits per heavy atom. The Hall–Kier alpha value is -1.57. The lowest BCUT2D eigenvalue weighted by atomic mass is 9.96. The molecule has 1 aromatic heterocycles. The SMILES string of the molecule is Cl.Cl.NCCNC(=O)C1CCCN(C(=O)c2cccnc2N2CCCC2)C1. The van der Waals surface area contributed by atoms with E-state index in [1.165, 1.54) is 0 Å². The molecule has 3 heterocycles. The number of likely N-dealkylation sites (tertiary alicyclic amines) is 1. The molecule has 1 atom stereocenters. The van der Waals surface area contributed by atoms with Gasteiger partial charge in [-0.2, -0.15) is 0 Å². The molecule has 0 radical (unpaired) electrons. The normalized spacial score (nSPS) is 19.1. The molecule has 2 amide bonds. The number of carbonyl (C=O) groups is 2. The Kier molecular flexibility index (Phi) is 9.83. The minimum absolute atomic E-state index is 0. The molecule has 0 aromatic carbocycles. The first-order valence-electron chi connectivity index (χ1n) is 9.17. The highest BCUT2D eigenvalue weighted by atomic mass is 35.5. The molecule has 0 spiro atoms. The van der Waals surface area contributed by atoms with E-state index in [0.717, 1.165) is 44.6 Å². The molecular weight excluding hydrogens is 389 g/mol. The van der Waals surface area contributed by atoms with Crippen LogP contribution in [-0.4, -0.2) is 61.0 Å². The number of pyridine rings is 1. The first-order chi connectivity index (χ1) is 12.2. The number of nitrogens with one attached hydrogen (secondary N) is 1. The largest absolute Gasteiger partial charge is 0.356 e. The van der Waals surface area contributed by atoms with Crippen LogP contribution in [0.1, 0.15) is 36.0 Å². The number of nitrogens with two attached hydrogens (primary N) is 1. The molecule has 1 unspecified atom stereocenters. The topological polar surface area (TPSA) is 91.6 Å². The third-order valence-electron chi connectivity index (χ3n) is 4.95. The summed E-state index contributed by atoms with van der Waals surface area (Å²) in [6.07, 6.45) is 5.66. The molecule has 9 heteroatoms. The lowest BCUT2D eigenvalue weighted by Crippen LogP contribution is -2.46. The molecular formula is C18H29Cl2N5O2. The van der Waals surface area contributed by atoms with Gasteiger partial charge in [0.15, 0.2) is 0 Å². The molecule has 2 aliphatic rings. The van der Waals surface area contributed by atoms with Crippen molar-refractivity contribution in [1.82, 2.24) is 15.2 Å². The van der Waals surface area contributed by atoms with Gasteiger partial charge in [0.25, 0.3) is 5.91 Å². The molecule has 2 aliphatic heterocycles. The summed E-state index contributed by atoms with van der Waals surface area (Å²) in [5, 5.41) is 2.83. The zero-order valence-corrected chi connectivity index (χ0v) is 17.1. The summed E-state index contributed by atoms with van der Waals surface area (Å²) < 4.78 is 0. The minimum Gasteiger partial charge on any atom is -0.356 e. The smallest absolute Gasteiger partial charge is 0.257 e. The maximum Gasteiger partial charge on any atom is 0.257 e. The van der Waals surface area contributed by atoms with Gasteiger partial charge in [0.1, 0.15) is 5.82 Å². The number of anilines is 1. The number of halogens is 2. The van der Waals surface area contributed by atoms with E-state index in [9.17, 15) is 9.59 Å². The van der Waals surface area contributed by atoms with E-state index in [-0.39, 0.29) is 42.5 Å². The minimum atomic E-state index is -0.156. The Labute approximate surface area is 172 Å². The number of carbonyl (C=O) groups excluding carboxylic acids is 2. The monoisotopic (exact) mass is 417 g/mol. The lowest BCUT2D eigenvalue weighted by molar-refractivity contribution is -0.126. The fourth-order valence-electron chi connectivity index (χ4n) is 3.63. The Morgan fingerprint density at radius 3 is 2.63 bits per heavy atom. The molecule has 2 fully saturated rings. The second-order valence-corrected chi connectivity index (χ2v) is 6.74. The van der Waals surface area contributed by atoms with Crippen molar-refractivity contribution in [3.8, 4) is 0 Å². The van der Waals surface area contributed by atoms with Gasteiger partial charge in [-0.05, 0) is 37.8 Å². The number of hydrogen-bond acceptors (Lipinski definition) is 5. The molecule has 27 heavy (non-hydrogen) atoms. The van der Waals surface area contributed by atoms with Gasteiger partial charge < -0.3 is 20.9 Å². The fraction of sp³-hybridized carbons (Fsp3) is 0.611. The second kappa shape index (κ2) is 11.3. The van der Waals surface area contributed by atoms with E-state index >= 15 is 0 Å². The van der Waals surface area contributed by atoms with E-state index in [4.69, 9.17) is 5.73 Å². The Morgan fingerprint density at radius 2 is 1.93 bits per heavy atom. The fourth-order valence-corrected chi connectivity index (χ4v) is 3.63. The highest BCUT2D eigenvalue weighted by molar-refractivity contribution is 5.99. The first kappa shape index (κ1) is 23.5. The molecule has 0 saturated carbocycles. The van der Waals surface area contributed by atoms with Gasteiger partial charge in [-0.3, -0.25) is 9.59 Å². The number of nitrogens with zero attached hydrogens (tertiary/aromatic N) is 3. The summed E-state index contributed by atoms with van der Waals surface area (Å²) >= 11 is 0. The molecule has 1 aromatic rings. The summed E-state index contributed by atoms with van der Waals surface area (Å²) in [5.41, 5.74) is 6.09. The van der Waals surface area contributed by atoms with E-state index < -0.39 is 0 Å². The van der Waals surface area contributed by atoms with Crippen LogP contribution in [0, 0.1) is 5.92 Å². The number of hydrogen-bond donors (Lipinski definition) is 2. The molecule has 3 rings (SSSR count). The van der Waals surface area contributed by atoms with Gasteiger partial charge in [-0.1, -0.05) is 0 Å². The summed E-state index contributed by atoms with van der Waals surface area (Å²) in [6, 6.07) is 3.66. The van der Waals surface area contributed by atoms with Crippen molar-refractivity contribution in [2.45, 2.75) is 25.7 Å². The van der Waals surface area contributed by atoms with Gasteiger partial charge in [-0.25, -0.2) is 4.98 Å². The van der Waals surface area contributed by atoms with Gasteiger partial charge in [0.2, 0.25) is 5.91 Å². The maximum atomic E-state index is 13.1. The standard InChI is InChI=1S/C18H27N5O2.2ClH/c19-7-9-21-17(24)14-5-4-12-23(13-14)18(25)15-6-3-8-20-16(15)22-10-1-2-11-22;;/h3,6,8,14H,1-2,4-5,7,9-13,19H2,(H,21,24);2*1H. The third-order valence-corrected chi connectivity index (χ3v) is 4.95. The molecule has 152 valence electrons. The molecule has 7 nitrogen and oxygen atoms in total. The number of aromatic nitrogens is 1. The maximum absolute atomic E-state index is 13.1. The Balaban J connectivity index is 0.00000182. The summed E-state index contributed by atoms with van der Waals surface area (Å²) in [5.74, 6) is 0.594. The molecule has 0 bridgehead atoms. The predicted octanol–water partition coefficient (Wildman–Crippen LogP) is 1.45. The van der Waals surface area contributed by atoms with Crippen molar-refractivity contribution < 1.29 is 9.59 Å². The summed E-state index contributed by atoms with van der Waals surface area (Å²) in [6.45, 7) is 3.95. The summed E-state index contributed by atoms with van der Waals surface area (Å²) in [4.78, 5) is 33.7. The van der Waals surface area contributed by atoms with Crippen LogP contribution in [0.4, 0.5) is 5.82 Å². The van der Waals surface area contributed by atoms with Gasteiger partial charge in [0.05, 0.1) is 11.5 Å². The first-order valence-corrected chi connectivity index (χ1v) is 9.17. The number of rotatable bonds is 5. The van der Waals surface area contributed by atoms with Crippen LogP contribution in [0.3, 0.4) is 0 Å². The third kappa shape index (κ3) is 5.70. The van der Waals surface area contributed by atoms with Crippen LogP contribution >= 0.6 is 24.8 Å². The van der Waals surface area contributed by atoms with Crippen molar-refractivity contribution in [3.63, 3.8) is 0 Å². The zero-order chi connectivity index (χ0) is 17.6. The van der Waals surface area contributed by atoms with Gasteiger partial charge >= 0.3 is 0 Å². The van der Waals surface area contributed by atoms with Crippen LogP contribution in [0.15, 0.2) is 18.3 Å². The Bertz CT molecular complexity index is 626. The average molecular weight is 418 g/mol. The van der Waals surface area contributed by atoms with Crippen molar-refractivity contribution >= 4 is 42.4 Å². The van der Waals surface area contributed by atoms with E-state index in [2.05, 4.69) is 15.2 Å². The highest BCUT2D eigenvalue weighted by Crippen LogP contribution is 2.25. The van der Waals surface area contributed by atoms with Crippen molar-refractivity contribution in [2.75, 3.05) is 44.2 Å². The van der Waals surface area contributed by atoms with Gasteiger partial charge in [-0.15, -0.1) is 24.8 Å². The molecule has 3 N–H and O–H groups in total. The van der Waals surface area contributed by atoms with Crippen molar-refractivity contribution in [2.24, 2.45) is 11.7 Å². The van der Waals surface area contributed by atoms with Crippen molar-refractivity contribution in [3.05, 3.63) is 23.9 Å². The van der Waals surface area contributed by atoms with Crippen LogP contribution in [0.5, 0.6) is 0 Å². The van der Waals surface area contributed by atoms with Crippen LogP contribution in [-0.2, 0) is 4.79 Å². The van der Waals surface area contributed by atoms with Gasteiger partial charge in [0, 0.05) is 45.5 Å². The number of piperidine rings is 1. The predicted molar refractivity (Wildman–Crippen MR) is 111 cm³/mol. The summed E-state index contributed by atoms with van der Waals surface area (Å²) in [7, 11) is 0. The second-order valence-electron chi connectivity index (χ2n) is 6.74. The van der Waals surface area contributed by atoms with Crippen LogP contribution in [0.2, 0.25) is 0 Å². The van der Waals surface area contributed by atoms with Crippen molar-refractivity contribution in [1.29, 1.82) is 0 Å². The molecule has 0 aliphatic carbocycles. The quantitative estimate of drug-likeness (QED) is 0.756. The average Bonchev–Trinajstić information content (AvgIpc) is 3.20. The zero-order valence-electron chi connectivity index (χ0n) is 15.4. The highest BCUT2D eigenvalue weighted by Gasteiger charge is 2.30. The van der Waals surface area contributed by atoms with E-state index in [1.54, 1.807) is 11.1 Å². The lowest BCUT2D eigenvalue weighted by Gasteiger charge is -2.33. The van der Waals surface area contributed by atoms with E-state index in [0.29, 0.717) is 31.7 Å². The van der Waals surface area contributed by atoms with Crippen LogP contribution < -0.4 is 16.0 Å². The number of amides is 2. The van der Waals surface area contributed by atoms with Crippen LogP contribution in [0.25, 0.3) is 0 Å². The molecule has 2 saturated heterocycles.